The van der Waals surface area contributed by atoms with Crippen molar-refractivity contribution in [2.75, 3.05) is 13.1 Å². The van der Waals surface area contributed by atoms with Crippen LogP contribution < -0.4 is 5.32 Å². The number of nitrogens with one attached hydrogen (secondary N) is 1. The van der Waals surface area contributed by atoms with E-state index in [2.05, 4.69) is 26.1 Å². The van der Waals surface area contributed by atoms with Crippen LogP contribution in [0.2, 0.25) is 0 Å². The Balaban J connectivity index is 3.01. The van der Waals surface area contributed by atoms with E-state index in [-0.39, 0.29) is 35.3 Å². The highest BCUT2D eigenvalue weighted by Crippen LogP contribution is 2.24. The van der Waals surface area contributed by atoms with Crippen LogP contribution in [0.3, 0.4) is 0 Å². The summed E-state index contributed by atoms with van der Waals surface area (Å²) in [5.74, 6) is -0.295. The van der Waals surface area contributed by atoms with E-state index < -0.39 is 10.0 Å². The summed E-state index contributed by atoms with van der Waals surface area (Å²) in [5, 5.41) is 2.72. The lowest BCUT2D eigenvalue weighted by Crippen LogP contribution is -2.42. The van der Waals surface area contributed by atoms with Gasteiger partial charge in [-0.1, -0.05) is 39.8 Å². The number of rotatable bonds is 6. The van der Waals surface area contributed by atoms with Gasteiger partial charge in [0.15, 0.2) is 0 Å². The minimum atomic E-state index is -3.67. The third kappa shape index (κ3) is 5.32. The van der Waals surface area contributed by atoms with Crippen LogP contribution in [0.5, 0.6) is 0 Å². The fourth-order valence-electron chi connectivity index (χ4n) is 2.17. The van der Waals surface area contributed by atoms with E-state index >= 15 is 0 Å². The molecule has 0 radical (unpaired) electrons. The molecule has 1 aromatic rings. The molecule has 0 atom stereocenters. The number of nitrogens with zero attached hydrogens (tertiary/aromatic N) is 1. The summed E-state index contributed by atoms with van der Waals surface area (Å²) in [5.41, 5.74) is 1.03. The van der Waals surface area contributed by atoms with E-state index in [1.807, 2.05) is 26.0 Å². The summed E-state index contributed by atoms with van der Waals surface area (Å²) in [4.78, 5) is 12.1. The van der Waals surface area contributed by atoms with Crippen molar-refractivity contribution in [3.05, 3.63) is 29.8 Å². The molecular weight excluding hydrogens is 312 g/mol. The molecule has 0 unspecified atom stereocenters. The lowest BCUT2D eigenvalue weighted by atomic mass is 9.87. The molecule has 0 heterocycles. The van der Waals surface area contributed by atoms with Crippen LogP contribution in [0.25, 0.3) is 0 Å². The van der Waals surface area contributed by atoms with Gasteiger partial charge in [-0.25, -0.2) is 8.42 Å². The maximum absolute atomic E-state index is 12.7. The number of benzene rings is 1. The van der Waals surface area contributed by atoms with Gasteiger partial charge in [-0.15, -0.1) is 0 Å². The van der Waals surface area contributed by atoms with Gasteiger partial charge in [0.1, 0.15) is 0 Å². The summed E-state index contributed by atoms with van der Waals surface area (Å²) in [6.07, 6.45) is 0. The quantitative estimate of drug-likeness (QED) is 0.865. The van der Waals surface area contributed by atoms with Crippen LogP contribution in [0.15, 0.2) is 29.2 Å². The molecule has 0 spiro atoms. The van der Waals surface area contributed by atoms with Crippen molar-refractivity contribution in [2.45, 2.75) is 57.9 Å². The average Bonchev–Trinajstić information content (AvgIpc) is 2.43. The molecule has 1 N–H and O–H groups in total. The number of amides is 1. The van der Waals surface area contributed by atoms with Crippen molar-refractivity contribution < 1.29 is 13.2 Å². The molecule has 0 aliphatic carbocycles. The van der Waals surface area contributed by atoms with Crippen LogP contribution in [-0.2, 0) is 20.2 Å². The molecule has 1 aromatic carbocycles. The molecule has 130 valence electrons. The van der Waals surface area contributed by atoms with E-state index in [1.54, 1.807) is 19.1 Å². The first-order chi connectivity index (χ1) is 10.5. The van der Waals surface area contributed by atoms with Gasteiger partial charge in [0, 0.05) is 12.6 Å². The van der Waals surface area contributed by atoms with Gasteiger partial charge < -0.3 is 5.32 Å². The topological polar surface area (TPSA) is 66.5 Å². The third-order valence-electron chi connectivity index (χ3n) is 3.48. The summed E-state index contributed by atoms with van der Waals surface area (Å²) in [7, 11) is -3.67. The van der Waals surface area contributed by atoms with Crippen molar-refractivity contribution in [1.29, 1.82) is 0 Å². The number of likely N-dealkylation sites (N-methyl/N-ethyl adjacent to an activating group) is 1. The van der Waals surface area contributed by atoms with Gasteiger partial charge >= 0.3 is 0 Å². The highest BCUT2D eigenvalue weighted by molar-refractivity contribution is 7.89. The zero-order valence-electron chi connectivity index (χ0n) is 14.9. The third-order valence-corrected chi connectivity index (χ3v) is 5.42. The predicted molar refractivity (Wildman–Crippen MR) is 92.9 cm³/mol. The number of hydrogen-bond acceptors (Lipinski definition) is 3. The molecular formula is C17H28N2O3S. The summed E-state index contributed by atoms with van der Waals surface area (Å²) < 4.78 is 26.6. The lowest BCUT2D eigenvalue weighted by molar-refractivity contribution is -0.121. The van der Waals surface area contributed by atoms with Crippen LogP contribution in [0, 0.1) is 0 Å². The second-order valence-electron chi connectivity index (χ2n) is 6.93. The molecule has 0 aliphatic rings. The first-order valence-electron chi connectivity index (χ1n) is 7.88. The number of hydrogen-bond donors (Lipinski definition) is 1. The largest absolute Gasteiger partial charge is 0.353 e. The molecule has 0 fully saturated rings. The van der Waals surface area contributed by atoms with E-state index in [9.17, 15) is 13.2 Å². The van der Waals surface area contributed by atoms with Crippen molar-refractivity contribution in [3.8, 4) is 0 Å². The second-order valence-corrected chi connectivity index (χ2v) is 8.87. The zero-order chi connectivity index (χ0) is 17.8. The first kappa shape index (κ1) is 19.6. The summed E-state index contributed by atoms with van der Waals surface area (Å²) in [6, 6.07) is 6.86. The van der Waals surface area contributed by atoms with Crippen LogP contribution in [0.1, 0.15) is 47.1 Å². The van der Waals surface area contributed by atoms with Crippen LogP contribution >= 0.6 is 0 Å². The van der Waals surface area contributed by atoms with Crippen molar-refractivity contribution in [3.63, 3.8) is 0 Å². The standard InChI is InChI=1S/C17H28N2O3S/c1-7-19(12-16(20)18-13(2)3)23(21,22)15-10-8-14(9-11-15)17(4,5)6/h8-11,13H,7,12H2,1-6H3,(H,18,20). The molecule has 23 heavy (non-hydrogen) atoms. The highest BCUT2D eigenvalue weighted by Gasteiger charge is 2.26. The molecule has 5 nitrogen and oxygen atoms in total. The summed E-state index contributed by atoms with van der Waals surface area (Å²) in [6.45, 7) is 11.7. The Morgan fingerprint density at radius 1 is 1.17 bits per heavy atom. The van der Waals surface area contributed by atoms with E-state index in [4.69, 9.17) is 0 Å². The molecule has 0 aliphatic heterocycles. The predicted octanol–water partition coefficient (Wildman–Crippen LogP) is 2.52. The zero-order valence-corrected chi connectivity index (χ0v) is 15.7. The molecule has 0 saturated carbocycles. The van der Waals surface area contributed by atoms with E-state index in [0.717, 1.165) is 5.56 Å². The van der Waals surface area contributed by atoms with Gasteiger partial charge in [0.25, 0.3) is 0 Å². The van der Waals surface area contributed by atoms with E-state index in [0.29, 0.717) is 0 Å². The Labute approximate surface area is 140 Å². The molecule has 1 amide bonds. The lowest BCUT2D eigenvalue weighted by Gasteiger charge is -2.22. The van der Waals surface area contributed by atoms with Gasteiger partial charge in [-0.3, -0.25) is 4.79 Å². The highest BCUT2D eigenvalue weighted by atomic mass is 32.2. The van der Waals surface area contributed by atoms with Gasteiger partial charge in [-0.05, 0) is 37.0 Å². The minimum absolute atomic E-state index is 0.0185. The maximum atomic E-state index is 12.7. The number of carbonyl (C=O) groups excluding carboxylic acids is 1. The van der Waals surface area contributed by atoms with Gasteiger partial charge in [0.2, 0.25) is 15.9 Å². The number of sulfonamides is 1. The van der Waals surface area contributed by atoms with Crippen molar-refractivity contribution >= 4 is 15.9 Å². The molecule has 1 rings (SSSR count). The Morgan fingerprint density at radius 2 is 1.70 bits per heavy atom. The maximum Gasteiger partial charge on any atom is 0.243 e. The van der Waals surface area contributed by atoms with E-state index in [1.165, 1.54) is 4.31 Å². The second kappa shape index (κ2) is 7.45. The Morgan fingerprint density at radius 3 is 2.09 bits per heavy atom. The van der Waals surface area contributed by atoms with Crippen LogP contribution in [0.4, 0.5) is 0 Å². The first-order valence-corrected chi connectivity index (χ1v) is 9.32. The monoisotopic (exact) mass is 340 g/mol. The van der Waals surface area contributed by atoms with Gasteiger partial charge in [-0.2, -0.15) is 4.31 Å². The summed E-state index contributed by atoms with van der Waals surface area (Å²) >= 11 is 0. The fraction of sp³-hybridized carbons (Fsp3) is 0.588. The Hall–Kier alpha value is -1.40. The van der Waals surface area contributed by atoms with Gasteiger partial charge in [0.05, 0.1) is 11.4 Å². The molecule has 6 heteroatoms. The minimum Gasteiger partial charge on any atom is -0.353 e. The molecule has 0 bridgehead atoms. The Kier molecular flexibility index (Phi) is 6.36. The smallest absolute Gasteiger partial charge is 0.243 e. The van der Waals surface area contributed by atoms with Crippen molar-refractivity contribution in [2.24, 2.45) is 0 Å². The normalized spacial score (nSPS) is 12.7. The SMILES string of the molecule is CCN(CC(=O)NC(C)C)S(=O)(=O)c1ccc(C(C)(C)C)cc1. The fourth-order valence-corrected chi connectivity index (χ4v) is 3.58. The van der Waals surface area contributed by atoms with Crippen molar-refractivity contribution in [1.82, 2.24) is 9.62 Å². The van der Waals surface area contributed by atoms with Crippen LogP contribution in [-0.4, -0.2) is 37.8 Å². The Bertz CT molecular complexity index is 629. The molecule has 0 aromatic heterocycles. The number of carbonyl (C=O) groups is 1. The average molecular weight is 340 g/mol. The molecule has 0 saturated heterocycles.